The van der Waals surface area contributed by atoms with Gasteiger partial charge in [-0.15, -0.1) is 0 Å². The molecule has 0 amide bonds. The summed E-state index contributed by atoms with van der Waals surface area (Å²) in [5.41, 5.74) is 5.39. The number of nitrogens with two attached hydrogens (primary N) is 1. The minimum atomic E-state index is -4.76. The maximum Gasteiger partial charge on any atom is 0.472 e. The Balaban J connectivity index is 1.24. The number of aliphatic hydroxyl groups excluding tert-OH is 1. The van der Waals surface area contributed by atoms with Crippen LogP contribution in [0, 0.1) is 22.7 Å². The van der Waals surface area contributed by atoms with E-state index < -0.39 is 44.9 Å². The van der Waals surface area contributed by atoms with Gasteiger partial charge in [0.1, 0.15) is 36.7 Å². The van der Waals surface area contributed by atoms with Gasteiger partial charge in [0.25, 0.3) is 0 Å². The van der Waals surface area contributed by atoms with Crippen LogP contribution in [0.15, 0.2) is 36.8 Å². The number of anilines is 1. The highest BCUT2D eigenvalue weighted by Gasteiger charge is 2.49. The van der Waals surface area contributed by atoms with Crippen LogP contribution in [-0.2, 0) is 23.1 Å². The summed E-state index contributed by atoms with van der Waals surface area (Å²) in [6.45, 7) is 1.64. The van der Waals surface area contributed by atoms with Gasteiger partial charge in [-0.05, 0) is 24.6 Å². The molecule has 0 spiro atoms. The van der Waals surface area contributed by atoms with Gasteiger partial charge in [0.05, 0.1) is 36.6 Å². The summed E-state index contributed by atoms with van der Waals surface area (Å²) in [5, 5.41) is 34.2. The Bertz CT molecular complexity index is 1650. The summed E-state index contributed by atoms with van der Waals surface area (Å²) in [5.74, 6) is 0.348. The fraction of sp³-hybridized carbons (Fsp3) is 0.629. The van der Waals surface area contributed by atoms with Gasteiger partial charge in [0, 0.05) is 25.3 Å². The summed E-state index contributed by atoms with van der Waals surface area (Å²) >= 11 is 0. The summed E-state index contributed by atoms with van der Waals surface area (Å²) in [6.07, 6.45) is 14.1. The van der Waals surface area contributed by atoms with Crippen LogP contribution in [0.2, 0.25) is 0 Å². The topological polar surface area (TPSA) is 220 Å². The van der Waals surface area contributed by atoms with E-state index in [2.05, 4.69) is 22.0 Å². The molecule has 5 atom stereocenters. The number of rotatable bonds is 24. The van der Waals surface area contributed by atoms with Crippen LogP contribution in [0.5, 0.6) is 5.88 Å². The van der Waals surface area contributed by atoms with Gasteiger partial charge in [0.15, 0.2) is 11.4 Å². The van der Waals surface area contributed by atoms with Crippen LogP contribution in [0.25, 0.3) is 5.52 Å². The first-order chi connectivity index (χ1) is 24.7. The number of aromatic nitrogens is 4. The zero-order valence-electron chi connectivity index (χ0n) is 29.3. The van der Waals surface area contributed by atoms with Crippen molar-refractivity contribution in [1.29, 1.82) is 10.5 Å². The zero-order valence-corrected chi connectivity index (χ0v) is 30.2. The smallest absolute Gasteiger partial charge is 0.469 e. The average molecular weight is 728 g/mol. The van der Waals surface area contributed by atoms with Gasteiger partial charge in [-0.2, -0.15) is 15.6 Å². The van der Waals surface area contributed by atoms with Crippen molar-refractivity contribution in [3.63, 3.8) is 0 Å². The Kier molecular flexibility index (Phi) is 16.0. The molecule has 15 nitrogen and oxygen atoms in total. The molecule has 0 bridgehead atoms. The first kappa shape index (κ1) is 40.1. The molecular weight excluding hydrogens is 677 g/mol. The molecule has 1 saturated heterocycles. The highest BCUT2D eigenvalue weighted by atomic mass is 31.2. The number of ether oxygens (including phenoxy) is 3. The van der Waals surface area contributed by atoms with E-state index in [1.807, 2.05) is 12.1 Å². The molecule has 16 heteroatoms. The molecule has 1 unspecified atom stereocenters. The van der Waals surface area contributed by atoms with Crippen molar-refractivity contribution >= 4 is 19.2 Å². The summed E-state index contributed by atoms with van der Waals surface area (Å²) < 4.78 is 42.5. The Morgan fingerprint density at radius 1 is 1.04 bits per heavy atom. The predicted molar refractivity (Wildman–Crippen MR) is 187 cm³/mol. The minimum absolute atomic E-state index is 0.0228. The molecule has 0 radical (unpaired) electrons. The lowest BCUT2D eigenvalue weighted by atomic mass is 10.0. The Morgan fingerprint density at radius 3 is 2.43 bits per heavy atom. The Hall–Kier alpha value is -3.66. The molecule has 51 heavy (non-hydrogen) atoms. The molecule has 1 aliphatic heterocycles. The van der Waals surface area contributed by atoms with E-state index in [1.54, 1.807) is 12.1 Å². The molecule has 0 aromatic carbocycles. The van der Waals surface area contributed by atoms with Crippen molar-refractivity contribution in [3.8, 4) is 18.0 Å². The van der Waals surface area contributed by atoms with E-state index in [4.69, 9.17) is 29.0 Å². The molecule has 4 N–H and O–H groups in total. The van der Waals surface area contributed by atoms with E-state index >= 15 is 0 Å². The molecule has 4 rings (SSSR count). The maximum absolute atomic E-state index is 13.0. The largest absolute Gasteiger partial charge is 0.472 e. The van der Waals surface area contributed by atoms with E-state index in [0.29, 0.717) is 23.4 Å². The third-order valence-electron chi connectivity index (χ3n) is 8.73. The van der Waals surface area contributed by atoms with E-state index in [0.717, 1.165) is 19.3 Å². The first-order valence-corrected chi connectivity index (χ1v) is 19.3. The molecule has 0 saturated carbocycles. The van der Waals surface area contributed by atoms with Gasteiger partial charge in [-0.3, -0.25) is 9.05 Å². The Labute approximate surface area is 299 Å². The fourth-order valence-electron chi connectivity index (χ4n) is 5.95. The van der Waals surface area contributed by atoms with Gasteiger partial charge in [-0.25, -0.2) is 19.0 Å². The predicted octanol–water partition coefficient (Wildman–Crippen LogP) is 5.96. The molecule has 0 aliphatic carbocycles. The van der Waals surface area contributed by atoms with Crippen LogP contribution in [0.1, 0.15) is 108 Å². The molecule has 4 heterocycles. The first-order valence-electron chi connectivity index (χ1n) is 17.8. The third kappa shape index (κ3) is 12.5. The van der Waals surface area contributed by atoms with Gasteiger partial charge < -0.3 is 29.9 Å². The van der Waals surface area contributed by atoms with Crippen LogP contribution < -0.4 is 10.5 Å². The van der Waals surface area contributed by atoms with E-state index in [-0.39, 0.29) is 24.7 Å². The SMILES string of the molecule is CCCCCCCCCCCCCCOC[C@H](COP(=O)(O)OC[C@]1(C#N)C[C@@H](O)[C@H](c2ccc3c(N)ncnn23)O1)Oc1cc(C#N)ccn1. The summed E-state index contributed by atoms with van der Waals surface area (Å²) in [6, 6.07) is 10.3. The van der Waals surface area contributed by atoms with E-state index in [1.165, 1.54) is 87.0 Å². The molecule has 3 aromatic heterocycles. The molecule has 1 aliphatic rings. The second-order valence-corrected chi connectivity index (χ2v) is 14.3. The molecule has 278 valence electrons. The lowest BCUT2D eigenvalue weighted by molar-refractivity contribution is -0.0528. The average Bonchev–Trinajstić information content (AvgIpc) is 3.71. The van der Waals surface area contributed by atoms with Crippen LogP contribution >= 0.6 is 7.82 Å². The number of phosphoric ester groups is 1. The number of hydrogen-bond acceptors (Lipinski definition) is 13. The highest BCUT2D eigenvalue weighted by Crippen LogP contribution is 2.47. The van der Waals surface area contributed by atoms with Crippen molar-refractivity contribution < 1.29 is 37.8 Å². The molecule has 3 aromatic rings. The number of nitrogens with zero attached hydrogens (tertiary/aromatic N) is 6. The lowest BCUT2D eigenvalue weighted by Gasteiger charge is -2.24. The van der Waals surface area contributed by atoms with E-state index in [9.17, 15) is 25.1 Å². The number of fused-ring (bicyclic) bond motifs is 1. The molecule has 1 fully saturated rings. The molecular formula is C35H50N7O8P. The van der Waals surface area contributed by atoms with Crippen molar-refractivity contribution in [2.75, 3.05) is 32.2 Å². The van der Waals surface area contributed by atoms with Gasteiger partial charge in [0.2, 0.25) is 5.88 Å². The number of nitriles is 2. The van der Waals surface area contributed by atoms with Crippen molar-refractivity contribution in [1.82, 2.24) is 19.6 Å². The normalized spacial score (nSPS) is 20.5. The van der Waals surface area contributed by atoms with Crippen molar-refractivity contribution in [2.45, 2.75) is 114 Å². The summed E-state index contributed by atoms with van der Waals surface area (Å²) in [7, 11) is -4.76. The van der Waals surface area contributed by atoms with Gasteiger partial charge >= 0.3 is 7.82 Å². The number of nitrogen functional groups attached to an aromatic ring is 1. The van der Waals surface area contributed by atoms with Crippen molar-refractivity contribution in [2.24, 2.45) is 0 Å². The monoisotopic (exact) mass is 727 g/mol. The fourth-order valence-corrected chi connectivity index (χ4v) is 6.75. The number of aliphatic hydroxyl groups is 1. The van der Waals surface area contributed by atoms with Gasteiger partial charge in [-0.1, -0.05) is 77.6 Å². The van der Waals surface area contributed by atoms with Crippen LogP contribution in [0.3, 0.4) is 0 Å². The highest BCUT2D eigenvalue weighted by molar-refractivity contribution is 7.47. The van der Waals surface area contributed by atoms with Crippen LogP contribution in [0.4, 0.5) is 5.82 Å². The number of phosphoric acid groups is 1. The number of unbranched alkanes of at least 4 members (excludes halogenated alkanes) is 11. The number of pyridine rings is 1. The quantitative estimate of drug-likeness (QED) is 0.0716. The van der Waals surface area contributed by atoms with Crippen molar-refractivity contribution in [3.05, 3.63) is 48.0 Å². The second kappa shape index (κ2) is 20.4. The third-order valence-corrected chi connectivity index (χ3v) is 9.66. The second-order valence-electron chi connectivity index (χ2n) is 12.9. The standard InChI is InChI=1S/C35H50N7O8P/c1-2-3-4-5-6-7-8-9-10-11-12-13-18-46-22-28(49-32-19-27(21-36)16-17-39-32)23-47-51(44,45)48-25-35(24-37)20-31(43)33(50-35)29-14-15-30-34(38)40-26-41-42(29)30/h14-17,19,26,28,31,33,43H,2-13,18,20,22-23,25H2,1H3,(H,44,45)(H2,38,40,41)/t28-,31-,33+,35-/m1/s1. The zero-order chi connectivity index (χ0) is 36.5. The lowest BCUT2D eigenvalue weighted by Crippen LogP contribution is -2.33. The van der Waals surface area contributed by atoms with Crippen LogP contribution in [-0.4, -0.2) is 73.8 Å². The Morgan fingerprint density at radius 2 is 1.75 bits per heavy atom. The summed E-state index contributed by atoms with van der Waals surface area (Å²) in [4.78, 5) is 18.6. The number of hydrogen-bond donors (Lipinski definition) is 3. The minimum Gasteiger partial charge on any atom is -0.469 e. The maximum atomic E-state index is 13.0.